The first kappa shape index (κ1) is 17.1. The standard InChI is InChI=1S/C19H16Cl2N4O/c1-12-17-22-23-18(13-6-3-2-4-7-13)25(17)11-10-24(12)19(26)14-8-5-9-15(20)16(14)21/h2-9,12H,10-11H2,1H3/t12-/m0/s1. The second-order valence-corrected chi connectivity index (χ2v) is 6.96. The fourth-order valence-electron chi connectivity index (χ4n) is 3.29. The molecule has 3 aromatic rings. The van der Waals surface area contributed by atoms with Crippen molar-refractivity contribution in [2.45, 2.75) is 19.5 Å². The fraction of sp³-hybridized carbons (Fsp3) is 0.211. The molecule has 1 aliphatic heterocycles. The number of halogens is 2. The maximum absolute atomic E-state index is 13.0. The van der Waals surface area contributed by atoms with E-state index < -0.39 is 0 Å². The van der Waals surface area contributed by atoms with E-state index in [0.29, 0.717) is 23.7 Å². The van der Waals surface area contributed by atoms with Crippen LogP contribution in [0, 0.1) is 0 Å². The molecule has 2 heterocycles. The molecule has 1 amide bonds. The smallest absolute Gasteiger partial charge is 0.256 e. The van der Waals surface area contributed by atoms with Gasteiger partial charge in [-0.05, 0) is 19.1 Å². The predicted octanol–water partition coefficient (Wildman–Crippen LogP) is 4.47. The number of benzene rings is 2. The molecule has 4 rings (SSSR count). The van der Waals surface area contributed by atoms with Gasteiger partial charge in [0.1, 0.15) is 0 Å². The van der Waals surface area contributed by atoms with Gasteiger partial charge in [0.2, 0.25) is 0 Å². The highest BCUT2D eigenvalue weighted by atomic mass is 35.5. The van der Waals surface area contributed by atoms with Crippen molar-refractivity contribution in [3.63, 3.8) is 0 Å². The van der Waals surface area contributed by atoms with Gasteiger partial charge < -0.3 is 9.47 Å². The van der Waals surface area contributed by atoms with Crippen molar-refractivity contribution in [3.05, 3.63) is 70.0 Å². The molecule has 0 saturated heterocycles. The lowest BCUT2D eigenvalue weighted by atomic mass is 10.1. The summed E-state index contributed by atoms with van der Waals surface area (Å²) in [6, 6.07) is 14.8. The van der Waals surface area contributed by atoms with Gasteiger partial charge in [-0.2, -0.15) is 0 Å². The highest BCUT2D eigenvalue weighted by molar-refractivity contribution is 6.43. The predicted molar refractivity (Wildman–Crippen MR) is 101 cm³/mol. The summed E-state index contributed by atoms with van der Waals surface area (Å²) in [7, 11) is 0. The van der Waals surface area contributed by atoms with Gasteiger partial charge >= 0.3 is 0 Å². The van der Waals surface area contributed by atoms with Gasteiger partial charge in [0.15, 0.2) is 11.6 Å². The average Bonchev–Trinajstić information content (AvgIpc) is 3.09. The third kappa shape index (κ3) is 2.77. The van der Waals surface area contributed by atoms with Crippen LogP contribution in [0.4, 0.5) is 0 Å². The minimum atomic E-state index is -0.212. The van der Waals surface area contributed by atoms with Crippen molar-refractivity contribution in [2.75, 3.05) is 6.54 Å². The van der Waals surface area contributed by atoms with Crippen LogP contribution in [-0.4, -0.2) is 32.1 Å². The van der Waals surface area contributed by atoms with Crippen LogP contribution in [0.3, 0.4) is 0 Å². The average molecular weight is 387 g/mol. The quantitative estimate of drug-likeness (QED) is 0.652. The van der Waals surface area contributed by atoms with Crippen molar-refractivity contribution in [2.24, 2.45) is 0 Å². The highest BCUT2D eigenvalue weighted by Crippen LogP contribution is 2.32. The van der Waals surface area contributed by atoms with E-state index in [2.05, 4.69) is 14.8 Å². The van der Waals surface area contributed by atoms with E-state index in [9.17, 15) is 4.79 Å². The van der Waals surface area contributed by atoms with Crippen LogP contribution in [0.1, 0.15) is 29.1 Å². The molecule has 0 bridgehead atoms. The van der Waals surface area contributed by atoms with Crippen molar-refractivity contribution < 1.29 is 4.79 Å². The Morgan fingerprint density at radius 1 is 1.04 bits per heavy atom. The first-order chi connectivity index (χ1) is 12.6. The molecule has 0 aliphatic carbocycles. The Balaban J connectivity index is 1.67. The molecule has 0 radical (unpaired) electrons. The molecule has 0 saturated carbocycles. The lowest BCUT2D eigenvalue weighted by molar-refractivity contribution is 0.0638. The molecule has 2 aromatic carbocycles. The summed E-state index contributed by atoms with van der Waals surface area (Å²) in [6.45, 7) is 3.12. The van der Waals surface area contributed by atoms with Crippen molar-refractivity contribution in [1.82, 2.24) is 19.7 Å². The molecular weight excluding hydrogens is 371 g/mol. The maximum Gasteiger partial charge on any atom is 0.256 e. The molecule has 1 atom stereocenters. The number of rotatable bonds is 2. The summed E-state index contributed by atoms with van der Waals surface area (Å²) in [5.74, 6) is 1.43. The van der Waals surface area contributed by atoms with Crippen LogP contribution in [0.2, 0.25) is 10.0 Å². The summed E-state index contributed by atoms with van der Waals surface area (Å²) in [5, 5.41) is 9.34. The van der Waals surface area contributed by atoms with Gasteiger partial charge in [-0.1, -0.05) is 59.6 Å². The monoisotopic (exact) mass is 386 g/mol. The van der Waals surface area contributed by atoms with Gasteiger partial charge in [0, 0.05) is 18.7 Å². The van der Waals surface area contributed by atoms with E-state index in [1.54, 1.807) is 23.1 Å². The molecule has 0 fully saturated rings. The first-order valence-corrected chi connectivity index (χ1v) is 9.07. The largest absolute Gasteiger partial charge is 0.327 e. The van der Waals surface area contributed by atoms with Gasteiger partial charge in [-0.25, -0.2) is 0 Å². The Morgan fingerprint density at radius 3 is 2.58 bits per heavy atom. The number of hydrogen-bond acceptors (Lipinski definition) is 3. The van der Waals surface area contributed by atoms with Gasteiger partial charge in [-0.15, -0.1) is 10.2 Å². The van der Waals surface area contributed by atoms with Crippen LogP contribution in [0.15, 0.2) is 48.5 Å². The number of amides is 1. The van der Waals surface area contributed by atoms with E-state index in [1.807, 2.05) is 37.3 Å². The lowest BCUT2D eigenvalue weighted by Crippen LogP contribution is -2.41. The van der Waals surface area contributed by atoms with E-state index in [4.69, 9.17) is 23.2 Å². The zero-order valence-corrected chi connectivity index (χ0v) is 15.6. The van der Waals surface area contributed by atoms with E-state index >= 15 is 0 Å². The molecule has 7 heteroatoms. The lowest BCUT2D eigenvalue weighted by Gasteiger charge is -2.34. The highest BCUT2D eigenvalue weighted by Gasteiger charge is 2.32. The molecule has 0 unspecified atom stereocenters. The molecule has 132 valence electrons. The molecule has 1 aliphatic rings. The van der Waals surface area contributed by atoms with Gasteiger partial charge in [0.05, 0.1) is 21.7 Å². The summed E-state index contributed by atoms with van der Waals surface area (Å²) >= 11 is 12.3. The molecule has 0 N–H and O–H groups in total. The van der Waals surface area contributed by atoms with Crippen molar-refractivity contribution in [3.8, 4) is 11.4 Å². The molecule has 26 heavy (non-hydrogen) atoms. The number of nitrogens with zero attached hydrogens (tertiary/aromatic N) is 4. The van der Waals surface area contributed by atoms with Crippen LogP contribution in [0.5, 0.6) is 0 Å². The number of carbonyl (C=O) groups excluding carboxylic acids is 1. The Hall–Kier alpha value is -2.37. The SMILES string of the molecule is C[C@H]1c2nnc(-c3ccccc3)n2CCN1C(=O)c1cccc(Cl)c1Cl. The van der Waals surface area contributed by atoms with Gasteiger partial charge in [-0.3, -0.25) is 4.79 Å². The topological polar surface area (TPSA) is 51.0 Å². The Kier molecular flexibility index (Phi) is 4.42. The van der Waals surface area contributed by atoms with Crippen LogP contribution in [-0.2, 0) is 6.54 Å². The minimum Gasteiger partial charge on any atom is -0.327 e. The summed E-state index contributed by atoms with van der Waals surface area (Å²) in [5.41, 5.74) is 1.42. The Bertz CT molecular complexity index is 971. The normalized spacial score (nSPS) is 16.4. The second kappa shape index (κ2) is 6.74. The van der Waals surface area contributed by atoms with E-state index in [0.717, 1.165) is 17.2 Å². The number of aromatic nitrogens is 3. The van der Waals surface area contributed by atoms with Crippen LogP contribution >= 0.6 is 23.2 Å². The first-order valence-electron chi connectivity index (χ1n) is 8.31. The third-order valence-electron chi connectivity index (χ3n) is 4.66. The van der Waals surface area contributed by atoms with Crippen molar-refractivity contribution >= 4 is 29.1 Å². The molecule has 0 spiro atoms. The number of carbonyl (C=O) groups is 1. The molecular formula is C19H16Cl2N4O. The number of fused-ring (bicyclic) bond motifs is 1. The second-order valence-electron chi connectivity index (χ2n) is 6.18. The van der Waals surface area contributed by atoms with Crippen LogP contribution < -0.4 is 0 Å². The zero-order valence-electron chi connectivity index (χ0n) is 14.1. The van der Waals surface area contributed by atoms with E-state index in [1.165, 1.54) is 0 Å². The Morgan fingerprint density at radius 2 is 1.81 bits per heavy atom. The third-order valence-corrected chi connectivity index (χ3v) is 5.48. The molecule has 1 aromatic heterocycles. The Labute approximate surface area is 161 Å². The van der Waals surface area contributed by atoms with Gasteiger partial charge in [0.25, 0.3) is 5.91 Å². The summed E-state index contributed by atoms with van der Waals surface area (Å²) in [4.78, 5) is 14.8. The zero-order chi connectivity index (χ0) is 18.3. The maximum atomic E-state index is 13.0. The van der Waals surface area contributed by atoms with Crippen molar-refractivity contribution in [1.29, 1.82) is 0 Å². The van der Waals surface area contributed by atoms with E-state index in [-0.39, 0.29) is 17.0 Å². The minimum absolute atomic E-state index is 0.152. The van der Waals surface area contributed by atoms with Crippen LogP contribution in [0.25, 0.3) is 11.4 Å². The summed E-state index contributed by atoms with van der Waals surface area (Å²) < 4.78 is 2.07. The molecule has 5 nitrogen and oxygen atoms in total. The summed E-state index contributed by atoms with van der Waals surface area (Å²) in [6.07, 6.45) is 0. The fourth-order valence-corrected chi connectivity index (χ4v) is 3.67. The number of hydrogen-bond donors (Lipinski definition) is 0.